The van der Waals surface area contributed by atoms with Gasteiger partial charge in [0.2, 0.25) is 0 Å². The van der Waals surface area contributed by atoms with Crippen molar-refractivity contribution < 1.29 is 14.3 Å². The highest BCUT2D eigenvalue weighted by atomic mass is 35.5. The summed E-state index contributed by atoms with van der Waals surface area (Å²) < 4.78 is 11.1. The molecular formula is C18H21Cl2NO3S. The minimum Gasteiger partial charge on any atom is -0.492 e. The zero-order valence-corrected chi connectivity index (χ0v) is 16.2. The van der Waals surface area contributed by atoms with Gasteiger partial charge in [-0.3, -0.25) is 9.69 Å². The fourth-order valence-electron chi connectivity index (χ4n) is 2.60. The lowest BCUT2D eigenvalue weighted by atomic mass is 10.1. The summed E-state index contributed by atoms with van der Waals surface area (Å²) in [6.07, 6.45) is 0.795. The first kappa shape index (κ1) is 20.2. The molecule has 1 aliphatic rings. The van der Waals surface area contributed by atoms with E-state index in [9.17, 15) is 4.79 Å². The molecule has 136 valence electrons. The second-order valence-corrected chi connectivity index (χ2v) is 7.17. The average Bonchev–Trinajstić information content (AvgIpc) is 3.06. The number of morpholine rings is 1. The fraction of sp³-hybridized carbons (Fsp3) is 0.389. The van der Waals surface area contributed by atoms with Crippen LogP contribution in [0.25, 0.3) is 0 Å². The second-order valence-electron chi connectivity index (χ2n) is 5.66. The third-order valence-electron chi connectivity index (χ3n) is 3.94. The van der Waals surface area contributed by atoms with Crippen molar-refractivity contribution in [3.8, 4) is 5.75 Å². The number of hydrogen-bond donors (Lipinski definition) is 0. The molecule has 0 radical (unpaired) electrons. The average molecular weight is 402 g/mol. The number of thiophene rings is 1. The Morgan fingerprint density at radius 2 is 1.88 bits per heavy atom. The number of carbonyl (C=O) groups is 1. The predicted octanol–water partition coefficient (Wildman–Crippen LogP) is 3.85. The van der Waals surface area contributed by atoms with E-state index >= 15 is 0 Å². The molecule has 0 N–H and O–H groups in total. The molecule has 2 aromatic rings. The highest BCUT2D eigenvalue weighted by Crippen LogP contribution is 2.22. The van der Waals surface area contributed by atoms with Crippen LogP contribution in [0.1, 0.15) is 20.1 Å². The Morgan fingerprint density at radius 3 is 2.52 bits per heavy atom. The Labute approximate surface area is 163 Å². The van der Waals surface area contributed by atoms with Crippen molar-refractivity contribution in [3.05, 3.63) is 51.7 Å². The lowest BCUT2D eigenvalue weighted by molar-refractivity contribution is 0.0322. The van der Waals surface area contributed by atoms with Crippen molar-refractivity contribution in [2.24, 2.45) is 0 Å². The van der Waals surface area contributed by atoms with E-state index in [1.807, 2.05) is 18.2 Å². The maximum atomic E-state index is 11.1. The largest absolute Gasteiger partial charge is 0.492 e. The molecule has 4 nitrogen and oxygen atoms in total. The van der Waals surface area contributed by atoms with Crippen molar-refractivity contribution in [1.82, 2.24) is 4.90 Å². The van der Waals surface area contributed by atoms with Crippen LogP contribution in [0.15, 0.2) is 36.4 Å². The van der Waals surface area contributed by atoms with E-state index in [2.05, 4.69) is 17.0 Å². The molecule has 1 aliphatic heterocycles. The lowest BCUT2D eigenvalue weighted by Crippen LogP contribution is -2.38. The van der Waals surface area contributed by atoms with Gasteiger partial charge in [0.05, 0.1) is 18.1 Å². The van der Waals surface area contributed by atoms with E-state index in [0.29, 0.717) is 11.5 Å². The number of halogens is 2. The summed E-state index contributed by atoms with van der Waals surface area (Å²) in [4.78, 5) is 15.2. The molecule has 0 bridgehead atoms. The number of rotatable bonds is 7. The van der Waals surface area contributed by atoms with E-state index in [1.54, 1.807) is 6.07 Å². The van der Waals surface area contributed by atoms with E-state index in [4.69, 9.17) is 21.1 Å². The Kier molecular flexibility index (Phi) is 8.19. The maximum absolute atomic E-state index is 11.1. The number of carbonyl (C=O) groups excluding carboxylic acids is 1. The first-order valence-electron chi connectivity index (χ1n) is 8.01. The minimum atomic E-state index is -0.393. The Hall–Kier alpha value is -1.11. The van der Waals surface area contributed by atoms with Crippen LogP contribution in [-0.2, 0) is 11.2 Å². The third-order valence-corrected chi connectivity index (χ3v) is 5.34. The summed E-state index contributed by atoms with van der Waals surface area (Å²) in [5, 5.41) is -0.393. The monoisotopic (exact) mass is 401 g/mol. The Morgan fingerprint density at radius 1 is 1.16 bits per heavy atom. The number of benzene rings is 1. The van der Waals surface area contributed by atoms with Crippen LogP contribution in [0.4, 0.5) is 0 Å². The van der Waals surface area contributed by atoms with Gasteiger partial charge in [-0.05, 0) is 41.4 Å². The topological polar surface area (TPSA) is 38.8 Å². The van der Waals surface area contributed by atoms with E-state index < -0.39 is 5.24 Å². The van der Waals surface area contributed by atoms with Gasteiger partial charge in [-0.15, -0.1) is 23.7 Å². The molecule has 1 aromatic carbocycles. The Balaban J connectivity index is 0.00000225. The number of ether oxygens (including phenoxy) is 2. The zero-order chi connectivity index (χ0) is 16.8. The van der Waals surface area contributed by atoms with E-state index in [-0.39, 0.29) is 12.4 Å². The fourth-order valence-corrected chi connectivity index (χ4v) is 3.65. The molecule has 0 aliphatic carbocycles. The van der Waals surface area contributed by atoms with Crippen molar-refractivity contribution in [1.29, 1.82) is 0 Å². The number of hydrogen-bond acceptors (Lipinski definition) is 5. The highest BCUT2D eigenvalue weighted by Gasteiger charge is 2.10. The molecule has 1 saturated heterocycles. The number of nitrogens with zero attached hydrogens (tertiary/aromatic N) is 1. The molecule has 1 aromatic heterocycles. The normalized spacial score (nSPS) is 14.8. The van der Waals surface area contributed by atoms with Gasteiger partial charge < -0.3 is 9.47 Å². The van der Waals surface area contributed by atoms with Crippen LogP contribution in [0.2, 0.25) is 0 Å². The molecule has 0 unspecified atom stereocenters. The van der Waals surface area contributed by atoms with Crippen LogP contribution in [0.5, 0.6) is 5.75 Å². The molecular weight excluding hydrogens is 381 g/mol. The van der Waals surface area contributed by atoms with Crippen molar-refractivity contribution in [2.75, 3.05) is 39.5 Å². The molecule has 0 atom stereocenters. The van der Waals surface area contributed by atoms with Gasteiger partial charge in [-0.1, -0.05) is 12.1 Å². The van der Waals surface area contributed by atoms with Crippen LogP contribution in [-0.4, -0.2) is 49.6 Å². The van der Waals surface area contributed by atoms with E-state index in [0.717, 1.165) is 49.9 Å². The van der Waals surface area contributed by atoms with Crippen LogP contribution < -0.4 is 4.74 Å². The summed E-state index contributed by atoms with van der Waals surface area (Å²) in [5.41, 5.74) is 1.19. The van der Waals surface area contributed by atoms with Crippen LogP contribution >= 0.6 is 35.3 Å². The molecule has 3 rings (SSSR count). The second kappa shape index (κ2) is 10.1. The summed E-state index contributed by atoms with van der Waals surface area (Å²) >= 11 is 6.93. The van der Waals surface area contributed by atoms with E-state index in [1.165, 1.54) is 16.9 Å². The quantitative estimate of drug-likeness (QED) is 0.660. The highest BCUT2D eigenvalue weighted by molar-refractivity contribution is 7.15. The molecule has 0 spiro atoms. The minimum absolute atomic E-state index is 0. The standard InChI is InChI=1S/C18H20ClNO3S.ClH/c19-18(21)17-6-5-16(24-17)13-14-1-3-15(4-2-14)23-12-9-20-7-10-22-11-8-20;/h1-6H,7-13H2;1H. The van der Waals surface area contributed by atoms with Gasteiger partial charge >= 0.3 is 0 Å². The summed E-state index contributed by atoms with van der Waals surface area (Å²) in [5.74, 6) is 0.884. The van der Waals surface area contributed by atoms with Gasteiger partial charge in [0, 0.05) is 30.9 Å². The molecule has 0 amide bonds. The van der Waals surface area contributed by atoms with Crippen LogP contribution in [0.3, 0.4) is 0 Å². The zero-order valence-electron chi connectivity index (χ0n) is 13.8. The first-order valence-corrected chi connectivity index (χ1v) is 9.20. The lowest BCUT2D eigenvalue weighted by Gasteiger charge is -2.26. The molecule has 7 heteroatoms. The van der Waals surface area contributed by atoms with Gasteiger partial charge in [0.25, 0.3) is 5.24 Å². The van der Waals surface area contributed by atoms with Gasteiger partial charge in [0.1, 0.15) is 12.4 Å². The van der Waals surface area contributed by atoms with Crippen LogP contribution in [0, 0.1) is 0 Å². The molecule has 2 heterocycles. The maximum Gasteiger partial charge on any atom is 0.262 e. The predicted molar refractivity (Wildman–Crippen MR) is 104 cm³/mol. The molecule has 0 saturated carbocycles. The van der Waals surface area contributed by atoms with Gasteiger partial charge in [-0.2, -0.15) is 0 Å². The molecule has 1 fully saturated rings. The summed E-state index contributed by atoms with van der Waals surface area (Å²) in [6.45, 7) is 5.20. The third kappa shape index (κ3) is 6.28. The van der Waals surface area contributed by atoms with Crippen molar-refractivity contribution >= 4 is 40.6 Å². The van der Waals surface area contributed by atoms with Gasteiger partial charge in [-0.25, -0.2) is 0 Å². The van der Waals surface area contributed by atoms with Crippen molar-refractivity contribution in [2.45, 2.75) is 6.42 Å². The first-order chi connectivity index (χ1) is 11.7. The smallest absolute Gasteiger partial charge is 0.262 e. The molecule has 25 heavy (non-hydrogen) atoms. The SMILES string of the molecule is Cl.O=C(Cl)c1ccc(Cc2ccc(OCCN3CCOCC3)cc2)s1. The summed E-state index contributed by atoms with van der Waals surface area (Å²) in [6, 6.07) is 11.8. The van der Waals surface area contributed by atoms with Crippen molar-refractivity contribution in [3.63, 3.8) is 0 Å². The Bertz CT molecular complexity index is 669. The van der Waals surface area contributed by atoms with Gasteiger partial charge in [0.15, 0.2) is 0 Å². The summed E-state index contributed by atoms with van der Waals surface area (Å²) in [7, 11) is 0.